The quantitative estimate of drug-likeness (QED) is 0.360. The molecule has 0 aliphatic rings. The Hall–Kier alpha value is -2.63. The lowest BCUT2D eigenvalue weighted by Crippen LogP contribution is -1.99. The molecule has 0 radical (unpaired) electrons. The van der Waals surface area contributed by atoms with Crippen molar-refractivity contribution in [2.24, 2.45) is 0 Å². The summed E-state index contributed by atoms with van der Waals surface area (Å²) >= 11 is 0. The molecule has 6 heteroatoms. The van der Waals surface area contributed by atoms with Crippen molar-refractivity contribution in [2.45, 2.75) is 0 Å². The molecule has 1 aromatic carbocycles. The van der Waals surface area contributed by atoms with Gasteiger partial charge in [0.15, 0.2) is 12.0 Å². The monoisotopic (exact) mass is 235 g/mol. The molecule has 17 heavy (non-hydrogen) atoms. The van der Waals surface area contributed by atoms with Crippen molar-refractivity contribution in [1.82, 2.24) is 0 Å². The lowest BCUT2D eigenvalue weighted by Gasteiger charge is -2.09. The van der Waals surface area contributed by atoms with Gasteiger partial charge < -0.3 is 10.2 Å². The normalized spacial score (nSPS) is 9.65. The second kappa shape index (κ2) is 4.48. The molecule has 0 unspecified atom stereocenters. The van der Waals surface area contributed by atoms with Gasteiger partial charge in [-0.3, -0.25) is 14.9 Å². The Morgan fingerprint density at radius 3 is 1.94 bits per heavy atom. The van der Waals surface area contributed by atoms with Gasteiger partial charge in [0.25, 0.3) is 0 Å². The van der Waals surface area contributed by atoms with Crippen LogP contribution in [0.5, 0.6) is 11.5 Å². The highest BCUT2D eigenvalue weighted by atomic mass is 16.6. The summed E-state index contributed by atoms with van der Waals surface area (Å²) < 4.78 is 0. The lowest BCUT2D eigenvalue weighted by atomic mass is 9.97. The molecule has 1 rings (SSSR count). The third-order valence-corrected chi connectivity index (χ3v) is 2.25. The Labute approximate surface area is 96.3 Å². The average molecular weight is 235 g/mol. The van der Waals surface area contributed by atoms with Crippen LogP contribution < -0.4 is 0 Å². The molecule has 0 fully saturated rings. The summed E-state index contributed by atoms with van der Waals surface area (Å²) in [6, 6.07) is 0. The first-order valence-electron chi connectivity index (χ1n) is 4.45. The smallest absolute Gasteiger partial charge is 0.322 e. The Balaban J connectivity index is 3.94. The summed E-state index contributed by atoms with van der Waals surface area (Å²) in [5.41, 5.74) is -0.990. The standard InChI is InChI=1S/C11H9NO5/c1-3-6-7(4-2)9(12(16)17)11(15)10(14)8(6)5-13/h3-5,14-15H,1-2H2. The number of rotatable bonds is 4. The van der Waals surface area contributed by atoms with E-state index in [0.717, 1.165) is 6.08 Å². The van der Waals surface area contributed by atoms with E-state index in [-0.39, 0.29) is 23.0 Å². The molecule has 0 amide bonds. The van der Waals surface area contributed by atoms with Gasteiger partial charge in [0.2, 0.25) is 5.75 Å². The van der Waals surface area contributed by atoms with Crippen LogP contribution in [0.4, 0.5) is 5.69 Å². The van der Waals surface area contributed by atoms with Crippen molar-refractivity contribution in [2.75, 3.05) is 0 Å². The van der Waals surface area contributed by atoms with Gasteiger partial charge in [-0.05, 0) is 0 Å². The number of hydrogen-bond acceptors (Lipinski definition) is 5. The number of aldehydes is 1. The highest BCUT2D eigenvalue weighted by Gasteiger charge is 2.28. The molecular formula is C11H9NO5. The Kier molecular flexibility index (Phi) is 3.28. The first-order valence-corrected chi connectivity index (χ1v) is 4.45. The lowest BCUT2D eigenvalue weighted by molar-refractivity contribution is -0.386. The van der Waals surface area contributed by atoms with Crippen LogP contribution in [-0.4, -0.2) is 21.4 Å². The van der Waals surface area contributed by atoms with Crippen molar-refractivity contribution in [3.8, 4) is 11.5 Å². The fourth-order valence-corrected chi connectivity index (χ4v) is 1.50. The second-order valence-electron chi connectivity index (χ2n) is 3.07. The maximum Gasteiger partial charge on any atom is 0.322 e. The zero-order chi connectivity index (χ0) is 13.2. The highest BCUT2D eigenvalue weighted by molar-refractivity contribution is 5.93. The van der Waals surface area contributed by atoms with Crippen LogP contribution in [0.25, 0.3) is 12.2 Å². The fraction of sp³-hybridized carbons (Fsp3) is 0. The van der Waals surface area contributed by atoms with Gasteiger partial charge in [0.1, 0.15) is 0 Å². The van der Waals surface area contributed by atoms with E-state index >= 15 is 0 Å². The fourth-order valence-electron chi connectivity index (χ4n) is 1.50. The van der Waals surface area contributed by atoms with Gasteiger partial charge in [0.05, 0.1) is 16.1 Å². The molecule has 0 aliphatic heterocycles. The van der Waals surface area contributed by atoms with Crippen molar-refractivity contribution < 1.29 is 19.9 Å². The molecule has 0 atom stereocenters. The summed E-state index contributed by atoms with van der Waals surface area (Å²) in [6.45, 7) is 6.77. The Bertz CT molecular complexity index is 533. The summed E-state index contributed by atoms with van der Waals surface area (Å²) in [6.07, 6.45) is 2.57. The number of carbonyl (C=O) groups is 1. The minimum Gasteiger partial charge on any atom is -0.504 e. The van der Waals surface area contributed by atoms with Gasteiger partial charge in [-0.15, -0.1) is 0 Å². The third-order valence-electron chi connectivity index (χ3n) is 2.25. The molecule has 1 aromatic rings. The van der Waals surface area contributed by atoms with Gasteiger partial charge in [-0.2, -0.15) is 0 Å². The van der Waals surface area contributed by atoms with E-state index in [0.29, 0.717) is 0 Å². The summed E-state index contributed by atoms with van der Waals surface area (Å²) in [5, 5.41) is 29.8. The molecular weight excluding hydrogens is 226 g/mol. The molecule has 0 saturated heterocycles. The van der Waals surface area contributed by atoms with E-state index < -0.39 is 22.1 Å². The van der Waals surface area contributed by atoms with E-state index in [9.17, 15) is 25.1 Å². The molecule has 0 saturated carbocycles. The minimum absolute atomic E-state index is 0.0528. The second-order valence-corrected chi connectivity index (χ2v) is 3.07. The number of nitro benzene ring substituents is 1. The van der Waals surface area contributed by atoms with Crippen LogP contribution >= 0.6 is 0 Å². The van der Waals surface area contributed by atoms with E-state index in [4.69, 9.17) is 0 Å². The van der Waals surface area contributed by atoms with Crippen LogP contribution in [0.2, 0.25) is 0 Å². The van der Waals surface area contributed by atoms with Gasteiger partial charge >= 0.3 is 5.69 Å². The van der Waals surface area contributed by atoms with Crippen molar-refractivity contribution in [3.63, 3.8) is 0 Å². The average Bonchev–Trinajstić information content (AvgIpc) is 2.30. The first kappa shape index (κ1) is 12.4. The van der Waals surface area contributed by atoms with Crippen molar-refractivity contribution in [3.05, 3.63) is 40.0 Å². The molecule has 6 nitrogen and oxygen atoms in total. The van der Waals surface area contributed by atoms with Gasteiger partial charge in [-0.25, -0.2) is 0 Å². The number of aromatic hydroxyl groups is 2. The van der Waals surface area contributed by atoms with E-state index in [1.54, 1.807) is 0 Å². The Morgan fingerprint density at radius 1 is 1.06 bits per heavy atom. The molecule has 0 aromatic heterocycles. The van der Waals surface area contributed by atoms with Crippen molar-refractivity contribution >= 4 is 24.1 Å². The van der Waals surface area contributed by atoms with E-state index in [1.807, 2.05) is 0 Å². The number of hydrogen-bond donors (Lipinski definition) is 2. The van der Waals surface area contributed by atoms with E-state index in [1.165, 1.54) is 6.08 Å². The number of phenols is 2. The number of carbonyl (C=O) groups excluding carboxylic acids is 1. The topological polar surface area (TPSA) is 101 Å². The maximum atomic E-state index is 10.8. The zero-order valence-corrected chi connectivity index (χ0v) is 8.71. The number of benzene rings is 1. The van der Waals surface area contributed by atoms with Crippen LogP contribution in [0.3, 0.4) is 0 Å². The summed E-state index contributed by atoms with van der Waals surface area (Å²) in [5.74, 6) is -1.80. The number of phenolic OH excluding ortho intramolecular Hbond substituents is 2. The van der Waals surface area contributed by atoms with Crippen LogP contribution in [0.1, 0.15) is 21.5 Å². The summed E-state index contributed by atoms with van der Waals surface area (Å²) in [7, 11) is 0. The Morgan fingerprint density at radius 2 is 1.59 bits per heavy atom. The third kappa shape index (κ3) is 1.76. The van der Waals surface area contributed by atoms with Crippen molar-refractivity contribution in [1.29, 1.82) is 0 Å². The molecule has 2 N–H and O–H groups in total. The van der Waals surface area contributed by atoms with Gasteiger partial charge in [0, 0.05) is 5.56 Å². The zero-order valence-electron chi connectivity index (χ0n) is 8.71. The van der Waals surface area contributed by atoms with Gasteiger partial charge in [-0.1, -0.05) is 25.3 Å². The molecule has 0 aliphatic carbocycles. The van der Waals surface area contributed by atoms with Crippen LogP contribution in [-0.2, 0) is 0 Å². The number of nitrogens with zero attached hydrogens (tertiary/aromatic N) is 1. The largest absolute Gasteiger partial charge is 0.504 e. The predicted molar refractivity (Wildman–Crippen MR) is 62.0 cm³/mol. The molecule has 88 valence electrons. The first-order chi connectivity index (χ1) is 7.99. The molecule has 0 bridgehead atoms. The van der Waals surface area contributed by atoms with E-state index in [2.05, 4.69) is 13.2 Å². The summed E-state index contributed by atoms with van der Waals surface area (Å²) in [4.78, 5) is 20.7. The minimum atomic E-state index is -0.961. The molecule has 0 heterocycles. The predicted octanol–water partition coefficient (Wildman–Crippen LogP) is 2.10. The number of nitro groups is 1. The van der Waals surface area contributed by atoms with Crippen LogP contribution in [0.15, 0.2) is 13.2 Å². The van der Waals surface area contributed by atoms with Crippen LogP contribution in [0, 0.1) is 10.1 Å². The maximum absolute atomic E-state index is 10.8. The highest BCUT2D eigenvalue weighted by Crippen LogP contribution is 2.43. The molecule has 0 spiro atoms. The SMILES string of the molecule is C=Cc1c(C=O)c(O)c(O)c([N+](=O)[O-])c1C=C.